The van der Waals surface area contributed by atoms with Crippen molar-refractivity contribution in [3.8, 4) is 0 Å². The summed E-state index contributed by atoms with van der Waals surface area (Å²) < 4.78 is 12.2. The summed E-state index contributed by atoms with van der Waals surface area (Å²) in [7, 11) is 1.73. The summed E-state index contributed by atoms with van der Waals surface area (Å²) in [4.78, 5) is 13.1. The monoisotopic (exact) mass is 502 g/mol. The number of aliphatic carboxylic acids is 1. The number of hydrogen-bond donors (Lipinski definition) is 2. The first kappa shape index (κ1) is 26.7. The van der Waals surface area contributed by atoms with Crippen LogP contribution in [-0.4, -0.2) is 48.7 Å². The number of carbonyl (C=O) groups is 1. The number of allylic oxidation sites excluding steroid dienone is 1. The van der Waals surface area contributed by atoms with Gasteiger partial charge in [0.05, 0.1) is 31.3 Å². The largest absolute Gasteiger partial charge is 0.481 e. The molecule has 1 aliphatic heterocycles. The Hall–Kier alpha value is -0.910. The first-order valence-corrected chi connectivity index (χ1v) is 14.4. The molecule has 0 radical (unpaired) electrons. The summed E-state index contributed by atoms with van der Waals surface area (Å²) in [5.41, 5.74) is 0.459. The second-order valence-corrected chi connectivity index (χ2v) is 14.8. The lowest BCUT2D eigenvalue weighted by atomic mass is 9.34. The van der Waals surface area contributed by atoms with Crippen LogP contribution in [-0.2, 0) is 14.3 Å². The molecule has 0 unspecified atom stereocenters. The van der Waals surface area contributed by atoms with Crippen molar-refractivity contribution in [1.29, 1.82) is 0 Å². The van der Waals surface area contributed by atoms with Crippen LogP contribution in [0, 0.1) is 56.7 Å². The Morgan fingerprint density at radius 3 is 2.39 bits per heavy atom. The van der Waals surface area contributed by atoms with E-state index in [2.05, 4.69) is 54.5 Å². The first-order valence-electron chi connectivity index (χ1n) is 14.4. The lowest BCUT2D eigenvalue weighted by Gasteiger charge is -2.71. The third kappa shape index (κ3) is 3.09. The number of carboxylic acids is 1. The molecule has 5 aliphatic rings. The second-order valence-electron chi connectivity index (χ2n) is 14.8. The summed E-state index contributed by atoms with van der Waals surface area (Å²) in [6.45, 7) is 17.2. The molecule has 5 rings (SSSR count). The van der Waals surface area contributed by atoms with Gasteiger partial charge < -0.3 is 19.7 Å². The van der Waals surface area contributed by atoms with Gasteiger partial charge >= 0.3 is 5.97 Å². The minimum atomic E-state index is -0.615. The van der Waals surface area contributed by atoms with Crippen LogP contribution >= 0.6 is 0 Å². The van der Waals surface area contributed by atoms with Gasteiger partial charge in [-0.1, -0.05) is 60.1 Å². The van der Waals surface area contributed by atoms with E-state index in [0.29, 0.717) is 36.9 Å². The van der Waals surface area contributed by atoms with Crippen molar-refractivity contribution in [3.63, 3.8) is 0 Å². The third-order valence-corrected chi connectivity index (χ3v) is 13.4. The van der Waals surface area contributed by atoms with Crippen LogP contribution in [0.25, 0.3) is 0 Å². The Kier molecular flexibility index (Phi) is 6.15. The maximum atomic E-state index is 13.1. The molecule has 4 fully saturated rings. The number of hydrogen-bond acceptors (Lipinski definition) is 4. The van der Waals surface area contributed by atoms with Gasteiger partial charge in [-0.25, -0.2) is 0 Å². The highest BCUT2D eigenvalue weighted by atomic mass is 16.5. The van der Waals surface area contributed by atoms with E-state index in [-0.39, 0.29) is 39.1 Å². The van der Waals surface area contributed by atoms with Crippen molar-refractivity contribution < 1.29 is 24.5 Å². The van der Waals surface area contributed by atoms with Crippen molar-refractivity contribution in [2.45, 2.75) is 99.2 Å². The fourth-order valence-electron chi connectivity index (χ4n) is 10.8. The molecule has 1 heterocycles. The molecule has 0 spiro atoms. The van der Waals surface area contributed by atoms with Gasteiger partial charge in [-0.2, -0.15) is 0 Å². The Balaban J connectivity index is 1.62. The molecule has 3 saturated carbocycles. The summed E-state index contributed by atoms with van der Waals surface area (Å²) in [6.07, 6.45) is 7.52. The maximum absolute atomic E-state index is 13.1. The van der Waals surface area contributed by atoms with Crippen molar-refractivity contribution in [3.05, 3.63) is 11.6 Å². The molecular weight excluding hydrogens is 452 g/mol. The molecule has 4 aliphatic carbocycles. The quantitative estimate of drug-likeness (QED) is 0.465. The Morgan fingerprint density at radius 1 is 1.08 bits per heavy atom. The van der Waals surface area contributed by atoms with Crippen molar-refractivity contribution in [1.82, 2.24) is 0 Å². The third-order valence-electron chi connectivity index (χ3n) is 13.4. The second kappa shape index (κ2) is 8.29. The molecule has 5 heteroatoms. The smallest absolute Gasteiger partial charge is 0.307 e. The average Bonchev–Trinajstić information content (AvgIpc) is 2.81. The molecule has 2 N–H and O–H groups in total. The van der Waals surface area contributed by atoms with Crippen LogP contribution in [0.1, 0.15) is 87.0 Å². The standard InChI is InChI=1S/C31H50O5/c1-18(2)19(3)27(4)13-14-29(6)20-9-10-23-28(5)16-36-17-31(23,15-22(35-8)25(28)32)21(20)11-12-30(29,7)24(27)26(33)34/h11,18-20,22-25,32H,9-10,12-17H2,1-8H3,(H,33,34)/t19-,20+,22-,23+,24-,25+,27-,28+,29-,30+,31+/m1/s1. The lowest BCUT2D eigenvalue weighted by Crippen LogP contribution is -2.69. The summed E-state index contributed by atoms with van der Waals surface area (Å²) in [5.74, 6) is 0.533. The molecule has 11 atom stereocenters. The highest BCUT2D eigenvalue weighted by molar-refractivity contribution is 5.73. The van der Waals surface area contributed by atoms with E-state index in [1.54, 1.807) is 7.11 Å². The Morgan fingerprint density at radius 2 is 1.78 bits per heavy atom. The zero-order valence-electron chi connectivity index (χ0n) is 23.9. The highest BCUT2D eigenvalue weighted by Gasteiger charge is 2.71. The van der Waals surface area contributed by atoms with E-state index in [9.17, 15) is 15.0 Å². The molecular formula is C31H50O5. The SMILES string of the molecule is CO[C@@H]1C[C@@]23COC[C@@](C)([C@@H]2CC[C@H]2C3=CC[C@@]3(C)[C@H](C(=O)O)[C@@](C)([C@H](C)C(C)C)CC[C@]23C)[C@H]1O. The number of aliphatic hydroxyl groups excluding tert-OH is 1. The number of carboxylic acid groups (broad SMARTS) is 1. The molecule has 0 amide bonds. The van der Waals surface area contributed by atoms with E-state index in [1.165, 1.54) is 5.57 Å². The molecule has 204 valence electrons. The predicted octanol–water partition coefficient (Wildman–Crippen LogP) is 5.95. The molecule has 0 aromatic carbocycles. The Labute approximate surface area is 218 Å². The molecule has 0 aromatic heterocycles. The highest BCUT2D eigenvalue weighted by Crippen LogP contribution is 2.74. The van der Waals surface area contributed by atoms with Crippen LogP contribution in [0.15, 0.2) is 11.6 Å². The summed E-state index contributed by atoms with van der Waals surface area (Å²) in [6, 6.07) is 0. The van der Waals surface area contributed by atoms with Crippen molar-refractivity contribution in [2.24, 2.45) is 56.7 Å². The van der Waals surface area contributed by atoms with Crippen LogP contribution in [0.4, 0.5) is 0 Å². The minimum absolute atomic E-state index is 0.0808. The van der Waals surface area contributed by atoms with E-state index in [1.807, 2.05) is 0 Å². The van der Waals surface area contributed by atoms with E-state index >= 15 is 0 Å². The molecule has 1 saturated heterocycles. The van der Waals surface area contributed by atoms with Crippen molar-refractivity contribution >= 4 is 5.97 Å². The number of rotatable bonds is 4. The van der Waals surface area contributed by atoms with Gasteiger partial charge in [0, 0.05) is 17.9 Å². The average molecular weight is 503 g/mol. The predicted molar refractivity (Wildman–Crippen MR) is 140 cm³/mol. The van der Waals surface area contributed by atoms with Gasteiger partial charge in [0.25, 0.3) is 0 Å². The lowest BCUT2D eigenvalue weighted by molar-refractivity contribution is -0.257. The first-order chi connectivity index (χ1) is 16.7. The number of aliphatic hydroxyl groups is 1. The van der Waals surface area contributed by atoms with Crippen LogP contribution < -0.4 is 0 Å². The van der Waals surface area contributed by atoms with Crippen LogP contribution in [0.5, 0.6) is 0 Å². The fourth-order valence-corrected chi connectivity index (χ4v) is 10.8. The van der Waals surface area contributed by atoms with Gasteiger partial charge in [0.2, 0.25) is 0 Å². The number of fused-ring (bicyclic) bond motifs is 3. The van der Waals surface area contributed by atoms with Crippen LogP contribution in [0.2, 0.25) is 0 Å². The van der Waals surface area contributed by atoms with Crippen LogP contribution in [0.3, 0.4) is 0 Å². The summed E-state index contributed by atoms with van der Waals surface area (Å²) in [5, 5.41) is 22.1. The van der Waals surface area contributed by atoms with Gasteiger partial charge in [-0.05, 0) is 78.4 Å². The molecule has 2 bridgehead atoms. The maximum Gasteiger partial charge on any atom is 0.307 e. The minimum Gasteiger partial charge on any atom is -0.481 e. The van der Waals surface area contributed by atoms with E-state index < -0.39 is 12.1 Å². The van der Waals surface area contributed by atoms with Gasteiger partial charge in [0.15, 0.2) is 0 Å². The van der Waals surface area contributed by atoms with Crippen molar-refractivity contribution in [2.75, 3.05) is 20.3 Å². The van der Waals surface area contributed by atoms with Gasteiger partial charge in [-0.15, -0.1) is 0 Å². The fraction of sp³-hybridized carbons (Fsp3) is 0.903. The molecule has 5 nitrogen and oxygen atoms in total. The summed E-state index contributed by atoms with van der Waals surface area (Å²) >= 11 is 0. The van der Waals surface area contributed by atoms with Gasteiger partial charge in [0.1, 0.15) is 0 Å². The topological polar surface area (TPSA) is 76.0 Å². The zero-order chi connectivity index (χ0) is 26.5. The van der Waals surface area contributed by atoms with Gasteiger partial charge in [-0.3, -0.25) is 4.79 Å². The molecule has 0 aromatic rings. The number of ether oxygens (including phenoxy) is 2. The zero-order valence-corrected chi connectivity index (χ0v) is 23.9. The van der Waals surface area contributed by atoms with E-state index in [0.717, 1.165) is 38.5 Å². The Bertz CT molecular complexity index is 943. The normalized spacial score (nSPS) is 53.1. The molecule has 36 heavy (non-hydrogen) atoms. The van der Waals surface area contributed by atoms with E-state index in [4.69, 9.17) is 9.47 Å². The number of methoxy groups -OCH3 is 1.